The van der Waals surface area contributed by atoms with Crippen molar-refractivity contribution in [1.82, 2.24) is 19.8 Å². The Hall–Kier alpha value is -14.5. The number of allylic oxidation sites excluding steroid dienone is 23. The maximum atomic E-state index is 11.5. The van der Waals surface area contributed by atoms with Gasteiger partial charge < -0.3 is 30.0 Å². The standard InChI is InChI=1S/C98H84N16O2/c1-109-51-37-65(38-52-109)91-77-25-21-73(101-77)89(74-22-26-78(102-74)92(66-39-53-110(2)54-40-66)82-30-34-86(106-82)95(85-33-29-81(91)105-85)69-45-59-113(5)60-46-69)63-13-17-71(18-14-63)97(115)99-49-11-9-7-8-10-12-50-100-98(116)72-19-15-64(16-20-72)90-75-23-27-79(103-75)93(67-41-55-111(3)56-42-67)83-31-35-87(107-83)96(70-47-61-114(6)62-48-70)88-36-32-84(108-88)94(80-28-24-76(90)104-80)68-43-57-112(4)58-44-68/h13-48,51-62H,7-12,49-50H2,1-6H3,(H2-2,99,100,101,102,103,104,105,106,107,108,115,116)/q+2/p+4. The zero-order valence-corrected chi connectivity index (χ0v) is 65.6. The van der Waals surface area contributed by atoms with Gasteiger partial charge in [0.05, 0.1) is 79.6 Å². The van der Waals surface area contributed by atoms with Crippen LogP contribution in [0.4, 0.5) is 0 Å². The summed E-state index contributed by atoms with van der Waals surface area (Å²) in [5.74, 6) is 0.268. The molecule has 18 rings (SSSR count). The number of aliphatic hydroxyl groups excluding tert-OH is 2. The summed E-state index contributed by atoms with van der Waals surface area (Å²) < 4.78 is 8.13. The number of nitrogens with zero attached hydrogens (tertiary/aromatic N) is 12. The van der Waals surface area contributed by atoms with Crippen LogP contribution < -0.4 is 28.3 Å². The van der Waals surface area contributed by atoms with E-state index >= 15 is 0 Å². The summed E-state index contributed by atoms with van der Waals surface area (Å²) in [5, 5.41) is 23.1. The van der Waals surface area contributed by atoms with Gasteiger partial charge in [-0.15, -0.1) is 0 Å². The number of aromatic nitrogens is 6. The molecule has 10 aliphatic heterocycles. The van der Waals surface area contributed by atoms with Gasteiger partial charge in [0.1, 0.15) is 41.3 Å². The van der Waals surface area contributed by atoms with Crippen LogP contribution in [0, 0.1) is 0 Å². The van der Waals surface area contributed by atoms with Crippen molar-refractivity contribution < 1.29 is 38.5 Å². The SMILES string of the molecule is CN1C=CC(=C2C3=NC(=C(c4cc[n+](C)cc4)C4=NC(=C(c5cc[n+](C)cc5)c5ccc([nH]5)C(c5ccc(C(O)=[NH+]CCCCCCCC[NH+]=C(O)c6ccc(C7=C8C=CC(=N8)C(c8cc[n+](C)cc8)=C8C=CC(=N8)C(c8cc[n+](C)cc8)=C8C=CC(=N8)C(=C8C=CN(C)C=C8)c8ccc7[nH]8)cc6)cc5)=C5C=CC2=N5)C=C4)C=C3)C=C1. The first-order valence-corrected chi connectivity index (χ1v) is 39.5. The molecule has 18 heteroatoms. The van der Waals surface area contributed by atoms with E-state index in [1.165, 1.54) is 0 Å². The second-order valence-corrected chi connectivity index (χ2v) is 30.2. The van der Waals surface area contributed by atoms with Crippen LogP contribution in [0.15, 0.2) is 374 Å². The highest BCUT2D eigenvalue weighted by Crippen LogP contribution is 2.42. The van der Waals surface area contributed by atoms with Crippen molar-refractivity contribution in [2.75, 3.05) is 27.2 Å². The highest BCUT2D eigenvalue weighted by molar-refractivity contribution is 6.39. The van der Waals surface area contributed by atoms with Gasteiger partial charge >= 0.3 is 11.8 Å². The predicted molar refractivity (Wildman–Crippen MR) is 462 cm³/mol. The molecule has 6 N–H and O–H groups in total. The van der Waals surface area contributed by atoms with Gasteiger partial charge in [0, 0.05) is 168 Å². The fraction of sp³-hybridized carbons (Fsp3) is 0.143. The first-order chi connectivity index (χ1) is 56.7. The molecule has 0 amide bonds. The van der Waals surface area contributed by atoms with Gasteiger partial charge in [0.25, 0.3) is 0 Å². The summed E-state index contributed by atoms with van der Waals surface area (Å²) >= 11 is 0. The third-order valence-corrected chi connectivity index (χ3v) is 22.0. The fourth-order valence-electron chi connectivity index (χ4n) is 15.9. The molecule has 0 aliphatic carbocycles. The maximum absolute atomic E-state index is 11.5. The lowest BCUT2D eigenvalue weighted by Crippen LogP contribution is -2.73. The number of aryl methyl sites for hydroxylation is 4. The summed E-state index contributed by atoms with van der Waals surface area (Å²) in [5.41, 5.74) is 30.0. The second kappa shape index (κ2) is 31.6. The van der Waals surface area contributed by atoms with Crippen molar-refractivity contribution >= 4 is 85.1 Å². The first-order valence-electron chi connectivity index (χ1n) is 39.5. The quantitative estimate of drug-likeness (QED) is 0.0229. The van der Waals surface area contributed by atoms with Crippen molar-refractivity contribution in [2.45, 2.75) is 38.5 Å². The van der Waals surface area contributed by atoms with Gasteiger partial charge in [-0.2, -0.15) is 0 Å². The van der Waals surface area contributed by atoms with Gasteiger partial charge in [-0.25, -0.2) is 58.2 Å². The molecule has 8 aromatic rings. The largest absolute Gasteiger partial charge is 0.460 e. The van der Waals surface area contributed by atoms with E-state index in [9.17, 15) is 10.2 Å². The monoisotopic (exact) mass is 1520 g/mol. The number of fused-ring (bicyclic) bond motifs is 10. The molecule has 6 aromatic heterocycles. The molecule has 2 aromatic carbocycles. The molecule has 0 atom stereocenters. The number of nitrogens with one attached hydrogen (secondary N) is 4. The molecular formula is C98H88N16O2+6. The van der Waals surface area contributed by atoms with Gasteiger partial charge in [-0.05, 0) is 203 Å². The number of pyridine rings is 4. The zero-order valence-electron chi connectivity index (χ0n) is 65.6. The Morgan fingerprint density at radius 3 is 0.836 bits per heavy atom. The lowest BCUT2D eigenvalue weighted by molar-refractivity contribution is -0.671. The molecule has 0 spiro atoms. The van der Waals surface area contributed by atoms with Crippen molar-refractivity contribution in [3.63, 3.8) is 0 Å². The Balaban J connectivity index is 0.554. The molecule has 0 radical (unpaired) electrons. The van der Waals surface area contributed by atoms with Crippen LogP contribution in [0.1, 0.15) is 106 Å². The van der Waals surface area contributed by atoms with Crippen LogP contribution in [-0.4, -0.2) is 103 Å². The molecular weight excluding hydrogens is 1430 g/mol. The Bertz CT molecular complexity index is 6280. The van der Waals surface area contributed by atoms with E-state index < -0.39 is 0 Å². The summed E-state index contributed by atoms with van der Waals surface area (Å²) in [6.45, 7) is 1.26. The Kier molecular flexibility index (Phi) is 19.9. The number of benzene rings is 2. The zero-order chi connectivity index (χ0) is 78.9. The molecule has 18 nitrogen and oxygen atoms in total. The molecule has 16 heterocycles. The molecule has 0 saturated heterocycles. The highest BCUT2D eigenvalue weighted by Gasteiger charge is 2.32. The summed E-state index contributed by atoms with van der Waals surface area (Å²) in [6, 6.07) is 41.6. The summed E-state index contributed by atoms with van der Waals surface area (Å²) in [7, 11) is 12.1. The van der Waals surface area contributed by atoms with Crippen molar-refractivity contribution in [2.24, 2.45) is 58.1 Å². The van der Waals surface area contributed by atoms with Gasteiger partial charge in [-0.3, -0.25) is 0 Å². The van der Waals surface area contributed by atoms with E-state index in [0.717, 1.165) is 219 Å². The Morgan fingerprint density at radius 1 is 0.284 bits per heavy atom. The number of aromatic amines is 2. The lowest BCUT2D eigenvalue weighted by atomic mass is 9.97. The third-order valence-electron chi connectivity index (χ3n) is 22.0. The van der Waals surface area contributed by atoms with E-state index in [-0.39, 0.29) is 11.8 Å². The average molecular weight is 1520 g/mol. The van der Waals surface area contributed by atoms with Crippen LogP contribution in [-0.2, 0) is 28.2 Å². The fourth-order valence-corrected chi connectivity index (χ4v) is 15.9. The number of aliphatic hydroxyl groups is 2. The molecule has 0 saturated carbocycles. The lowest BCUT2D eigenvalue weighted by Gasteiger charge is -2.16. The number of H-pyrrole nitrogens is 2. The minimum Gasteiger partial charge on any atom is -0.460 e. The van der Waals surface area contributed by atoms with Gasteiger partial charge in [-0.1, -0.05) is 37.1 Å². The molecule has 116 heavy (non-hydrogen) atoms. The number of hydrogen-bond acceptors (Lipinski definition) is 8. The number of rotatable bonds is 17. The maximum Gasteiger partial charge on any atom is 0.365 e. The minimum absolute atomic E-state index is 0.134. The number of hydrogen-bond donors (Lipinski definition) is 6. The summed E-state index contributed by atoms with van der Waals surface area (Å²) in [6.07, 6.45) is 64.3. The topological polar surface area (TPSA) is 196 Å². The van der Waals surface area contributed by atoms with Gasteiger partial charge in [0.15, 0.2) is 49.6 Å². The van der Waals surface area contributed by atoms with Crippen LogP contribution in [0.25, 0.3) is 39.0 Å². The van der Waals surface area contributed by atoms with E-state index in [1.54, 1.807) is 0 Å². The Labute approximate surface area is 674 Å². The van der Waals surface area contributed by atoms with E-state index in [0.29, 0.717) is 24.2 Å². The molecule has 0 fully saturated rings. The van der Waals surface area contributed by atoms with Crippen LogP contribution in [0.3, 0.4) is 0 Å². The molecule has 0 unspecified atom stereocenters. The molecule has 10 aliphatic rings. The Morgan fingerprint density at radius 2 is 0.526 bits per heavy atom. The minimum atomic E-state index is 0.134. The smallest absolute Gasteiger partial charge is 0.365 e. The third kappa shape index (κ3) is 14.9. The van der Waals surface area contributed by atoms with Crippen molar-refractivity contribution in [3.8, 4) is 0 Å². The first kappa shape index (κ1) is 73.0. The molecule has 566 valence electrons. The van der Waals surface area contributed by atoms with Crippen LogP contribution in [0.5, 0.6) is 0 Å². The van der Waals surface area contributed by atoms with E-state index in [1.807, 2.05) is 94.6 Å². The van der Waals surface area contributed by atoms with Crippen molar-refractivity contribution in [3.05, 3.63) is 411 Å². The summed E-state index contributed by atoms with van der Waals surface area (Å²) in [4.78, 5) is 51.2. The highest BCUT2D eigenvalue weighted by atomic mass is 16.3. The van der Waals surface area contributed by atoms with Crippen molar-refractivity contribution in [1.29, 1.82) is 0 Å². The molecule has 16 bridgehead atoms. The number of aliphatic imine (C=N–C) groups is 6. The van der Waals surface area contributed by atoms with E-state index in [2.05, 4.69) is 289 Å². The van der Waals surface area contributed by atoms with Crippen LogP contribution in [0.2, 0.25) is 0 Å². The van der Waals surface area contributed by atoms with Gasteiger partial charge in [0.2, 0.25) is 0 Å². The average Bonchev–Trinajstić information content (AvgIpc) is 1.62. The van der Waals surface area contributed by atoms with Crippen LogP contribution >= 0.6 is 0 Å². The predicted octanol–water partition coefficient (Wildman–Crippen LogP) is 12.1. The second-order valence-electron chi connectivity index (χ2n) is 30.2. The van der Waals surface area contributed by atoms with E-state index in [4.69, 9.17) is 30.0 Å². The number of unbranched alkanes of at least 4 members (excludes halogenated alkanes) is 5. The normalized spacial score (nSPS) is 17.5.